The Labute approximate surface area is 107 Å². The summed E-state index contributed by atoms with van der Waals surface area (Å²) in [6, 6.07) is 7.33. The summed E-state index contributed by atoms with van der Waals surface area (Å²) in [5, 5.41) is 6.61. The summed E-state index contributed by atoms with van der Waals surface area (Å²) >= 11 is 6.03. The first-order valence-electron chi connectivity index (χ1n) is 5.88. The van der Waals surface area contributed by atoms with E-state index in [2.05, 4.69) is 10.6 Å². The molecule has 0 saturated heterocycles. The molecule has 1 fully saturated rings. The summed E-state index contributed by atoms with van der Waals surface area (Å²) in [7, 11) is 1.88. The molecule has 0 radical (unpaired) electrons. The van der Waals surface area contributed by atoms with E-state index in [9.17, 15) is 4.79 Å². The van der Waals surface area contributed by atoms with E-state index in [-0.39, 0.29) is 11.3 Å². The van der Waals surface area contributed by atoms with Crippen LogP contribution in [0.3, 0.4) is 0 Å². The number of amides is 1. The van der Waals surface area contributed by atoms with Crippen LogP contribution in [0.4, 0.5) is 5.69 Å². The standard InChI is InChI=1S/C13H17ClN2O/c1-15-9-13(7-4-8-13)12(17)16-11-6-3-2-5-10(11)14/h2-3,5-6,15H,4,7-9H2,1H3,(H,16,17). The Morgan fingerprint density at radius 3 is 2.65 bits per heavy atom. The van der Waals surface area contributed by atoms with Crippen molar-refractivity contribution in [2.24, 2.45) is 5.41 Å². The van der Waals surface area contributed by atoms with Gasteiger partial charge in [0.1, 0.15) is 0 Å². The topological polar surface area (TPSA) is 41.1 Å². The van der Waals surface area contributed by atoms with Gasteiger partial charge in [0, 0.05) is 6.54 Å². The summed E-state index contributed by atoms with van der Waals surface area (Å²) in [6.45, 7) is 0.725. The van der Waals surface area contributed by atoms with E-state index in [0.29, 0.717) is 10.7 Å². The molecule has 0 atom stereocenters. The number of rotatable bonds is 4. The van der Waals surface area contributed by atoms with Gasteiger partial charge in [-0.1, -0.05) is 30.2 Å². The van der Waals surface area contributed by atoms with Crippen LogP contribution in [0.2, 0.25) is 5.02 Å². The van der Waals surface area contributed by atoms with E-state index >= 15 is 0 Å². The highest BCUT2D eigenvalue weighted by Crippen LogP contribution is 2.41. The lowest BCUT2D eigenvalue weighted by molar-refractivity contribution is -0.129. The van der Waals surface area contributed by atoms with Gasteiger partial charge < -0.3 is 10.6 Å². The van der Waals surface area contributed by atoms with Crippen LogP contribution in [0.15, 0.2) is 24.3 Å². The molecule has 3 nitrogen and oxygen atoms in total. The molecule has 1 aromatic rings. The van der Waals surface area contributed by atoms with Crippen molar-refractivity contribution in [3.05, 3.63) is 29.3 Å². The number of para-hydroxylation sites is 1. The third kappa shape index (κ3) is 2.45. The number of carbonyl (C=O) groups is 1. The molecule has 0 aliphatic heterocycles. The molecule has 0 unspecified atom stereocenters. The zero-order chi connectivity index (χ0) is 12.3. The van der Waals surface area contributed by atoms with Crippen molar-refractivity contribution in [2.75, 3.05) is 18.9 Å². The highest BCUT2D eigenvalue weighted by atomic mass is 35.5. The fraction of sp³-hybridized carbons (Fsp3) is 0.462. The molecule has 1 saturated carbocycles. The molecule has 0 bridgehead atoms. The number of hydrogen-bond donors (Lipinski definition) is 2. The Kier molecular flexibility index (Phi) is 3.69. The first kappa shape index (κ1) is 12.4. The molecule has 1 aliphatic carbocycles. The van der Waals surface area contributed by atoms with Crippen molar-refractivity contribution in [2.45, 2.75) is 19.3 Å². The van der Waals surface area contributed by atoms with Crippen molar-refractivity contribution in [1.82, 2.24) is 5.32 Å². The van der Waals surface area contributed by atoms with E-state index < -0.39 is 0 Å². The van der Waals surface area contributed by atoms with Gasteiger partial charge in [-0.05, 0) is 32.0 Å². The molecule has 2 N–H and O–H groups in total. The van der Waals surface area contributed by atoms with Gasteiger partial charge in [0.2, 0.25) is 5.91 Å². The SMILES string of the molecule is CNCC1(C(=O)Nc2ccccc2Cl)CCC1. The molecule has 1 aromatic carbocycles. The summed E-state index contributed by atoms with van der Waals surface area (Å²) in [5.74, 6) is 0.0752. The minimum Gasteiger partial charge on any atom is -0.324 e. The molecule has 0 aromatic heterocycles. The Hall–Kier alpha value is -1.06. The van der Waals surface area contributed by atoms with Crippen LogP contribution in [0.1, 0.15) is 19.3 Å². The molecule has 2 rings (SSSR count). The average molecular weight is 253 g/mol. The molecule has 4 heteroatoms. The van der Waals surface area contributed by atoms with Gasteiger partial charge in [0.25, 0.3) is 0 Å². The van der Waals surface area contributed by atoms with E-state index in [0.717, 1.165) is 25.8 Å². The quantitative estimate of drug-likeness (QED) is 0.865. The van der Waals surface area contributed by atoms with Crippen molar-refractivity contribution >= 4 is 23.2 Å². The van der Waals surface area contributed by atoms with Crippen LogP contribution in [0, 0.1) is 5.41 Å². The lowest BCUT2D eigenvalue weighted by Crippen LogP contribution is -2.48. The smallest absolute Gasteiger partial charge is 0.231 e. The van der Waals surface area contributed by atoms with Crippen molar-refractivity contribution in [3.8, 4) is 0 Å². The van der Waals surface area contributed by atoms with Crippen molar-refractivity contribution in [1.29, 1.82) is 0 Å². The van der Waals surface area contributed by atoms with Crippen LogP contribution in [0.5, 0.6) is 0 Å². The first-order valence-corrected chi connectivity index (χ1v) is 6.26. The van der Waals surface area contributed by atoms with Crippen LogP contribution < -0.4 is 10.6 Å². The molecule has 1 amide bonds. The third-order valence-electron chi connectivity index (χ3n) is 3.43. The predicted molar refractivity (Wildman–Crippen MR) is 70.3 cm³/mol. The molecule has 17 heavy (non-hydrogen) atoms. The van der Waals surface area contributed by atoms with Gasteiger partial charge in [0.15, 0.2) is 0 Å². The van der Waals surface area contributed by atoms with Gasteiger partial charge >= 0.3 is 0 Å². The predicted octanol–water partition coefficient (Wildman–Crippen LogP) is 2.67. The molecular formula is C13H17ClN2O. The molecule has 0 spiro atoms. The summed E-state index contributed by atoms with van der Waals surface area (Å²) in [4.78, 5) is 12.2. The second-order valence-electron chi connectivity index (χ2n) is 4.60. The Bertz CT molecular complexity index is 416. The fourth-order valence-electron chi connectivity index (χ4n) is 2.24. The maximum absolute atomic E-state index is 12.2. The largest absolute Gasteiger partial charge is 0.324 e. The second kappa shape index (κ2) is 5.07. The molecule has 1 aliphatic rings. The molecule has 0 heterocycles. The maximum Gasteiger partial charge on any atom is 0.231 e. The summed E-state index contributed by atoms with van der Waals surface area (Å²) in [6.07, 6.45) is 3.02. The number of benzene rings is 1. The van der Waals surface area contributed by atoms with Gasteiger partial charge in [-0.15, -0.1) is 0 Å². The first-order chi connectivity index (χ1) is 8.18. The minimum atomic E-state index is -0.242. The number of halogens is 1. The molecule has 92 valence electrons. The summed E-state index contributed by atoms with van der Waals surface area (Å²) < 4.78 is 0. The Morgan fingerprint density at radius 2 is 2.12 bits per heavy atom. The van der Waals surface area contributed by atoms with E-state index in [4.69, 9.17) is 11.6 Å². The molecular weight excluding hydrogens is 236 g/mol. The van der Waals surface area contributed by atoms with Crippen molar-refractivity contribution in [3.63, 3.8) is 0 Å². The second-order valence-corrected chi connectivity index (χ2v) is 5.01. The number of anilines is 1. The maximum atomic E-state index is 12.2. The van der Waals surface area contributed by atoms with Crippen molar-refractivity contribution < 1.29 is 4.79 Å². The van der Waals surface area contributed by atoms with Gasteiger partial charge in [-0.25, -0.2) is 0 Å². The van der Waals surface area contributed by atoms with Crippen LogP contribution >= 0.6 is 11.6 Å². The fourth-order valence-corrected chi connectivity index (χ4v) is 2.43. The minimum absolute atomic E-state index is 0.0752. The lowest BCUT2D eigenvalue weighted by Gasteiger charge is -2.40. The van der Waals surface area contributed by atoms with E-state index in [1.165, 1.54) is 0 Å². The van der Waals surface area contributed by atoms with E-state index in [1.807, 2.05) is 25.2 Å². The van der Waals surface area contributed by atoms with Crippen LogP contribution in [-0.4, -0.2) is 19.5 Å². The van der Waals surface area contributed by atoms with Gasteiger partial charge in [-0.2, -0.15) is 0 Å². The zero-order valence-electron chi connectivity index (χ0n) is 9.92. The van der Waals surface area contributed by atoms with Gasteiger partial charge in [-0.3, -0.25) is 4.79 Å². The van der Waals surface area contributed by atoms with Crippen LogP contribution in [0.25, 0.3) is 0 Å². The average Bonchev–Trinajstić information content (AvgIpc) is 2.26. The monoisotopic (exact) mass is 252 g/mol. The normalized spacial score (nSPS) is 17.3. The summed E-state index contributed by atoms with van der Waals surface area (Å²) in [5.41, 5.74) is 0.454. The highest BCUT2D eigenvalue weighted by Gasteiger charge is 2.43. The number of nitrogens with one attached hydrogen (secondary N) is 2. The van der Waals surface area contributed by atoms with Gasteiger partial charge in [0.05, 0.1) is 16.1 Å². The number of carbonyl (C=O) groups excluding carboxylic acids is 1. The zero-order valence-corrected chi connectivity index (χ0v) is 10.7. The Balaban J connectivity index is 2.08. The van der Waals surface area contributed by atoms with E-state index in [1.54, 1.807) is 6.07 Å². The number of hydrogen-bond acceptors (Lipinski definition) is 2. The highest BCUT2D eigenvalue weighted by molar-refractivity contribution is 6.33. The Morgan fingerprint density at radius 1 is 1.41 bits per heavy atom. The van der Waals surface area contributed by atoms with Crippen LogP contribution in [-0.2, 0) is 4.79 Å². The third-order valence-corrected chi connectivity index (χ3v) is 3.76. The lowest BCUT2D eigenvalue weighted by atomic mass is 9.68.